The van der Waals surface area contributed by atoms with Crippen LogP contribution in [0.1, 0.15) is 49.7 Å². The number of alkyl carbamates (subject to hydrolysis) is 1. The largest absolute Gasteiger partial charge is 0.481 e. The van der Waals surface area contributed by atoms with E-state index in [1.165, 1.54) is 11.1 Å². The van der Waals surface area contributed by atoms with E-state index in [4.69, 9.17) is 14.6 Å². The van der Waals surface area contributed by atoms with Gasteiger partial charge in [0, 0.05) is 24.9 Å². The Bertz CT molecular complexity index is 947. The number of aliphatic carboxylic acids is 1. The SMILES string of the molecule is CCC[C@@H](CC(=O)NCCOCCC(=O)O)NC(=O)OCC1c2ccccc2-c2ccccc21. The molecule has 0 aromatic heterocycles. The van der Waals surface area contributed by atoms with E-state index in [1.54, 1.807) is 0 Å². The van der Waals surface area contributed by atoms with Gasteiger partial charge >= 0.3 is 12.1 Å². The highest BCUT2D eigenvalue weighted by molar-refractivity contribution is 5.79. The second-order valence-corrected chi connectivity index (χ2v) is 8.27. The van der Waals surface area contributed by atoms with Crippen LogP contribution in [0.4, 0.5) is 4.79 Å². The summed E-state index contributed by atoms with van der Waals surface area (Å²) < 4.78 is 10.8. The summed E-state index contributed by atoms with van der Waals surface area (Å²) in [5.74, 6) is -1.16. The van der Waals surface area contributed by atoms with Crippen LogP contribution in [0.3, 0.4) is 0 Å². The Balaban J connectivity index is 1.46. The van der Waals surface area contributed by atoms with E-state index in [1.807, 2.05) is 31.2 Å². The van der Waals surface area contributed by atoms with Crippen molar-refractivity contribution in [1.82, 2.24) is 10.6 Å². The van der Waals surface area contributed by atoms with Crippen LogP contribution in [-0.4, -0.2) is 55.5 Å². The number of hydrogen-bond donors (Lipinski definition) is 3. The van der Waals surface area contributed by atoms with Crippen LogP contribution in [0.15, 0.2) is 48.5 Å². The van der Waals surface area contributed by atoms with Gasteiger partial charge in [0.25, 0.3) is 0 Å². The first-order valence-electron chi connectivity index (χ1n) is 11.7. The highest BCUT2D eigenvalue weighted by atomic mass is 16.5. The third-order valence-corrected chi connectivity index (χ3v) is 5.76. The molecule has 1 aliphatic rings. The number of rotatable bonds is 13. The van der Waals surface area contributed by atoms with Crippen molar-refractivity contribution in [2.45, 2.75) is 44.6 Å². The van der Waals surface area contributed by atoms with Gasteiger partial charge in [0.1, 0.15) is 6.61 Å². The van der Waals surface area contributed by atoms with Gasteiger partial charge in [-0.3, -0.25) is 9.59 Å². The Morgan fingerprint density at radius 1 is 1.00 bits per heavy atom. The van der Waals surface area contributed by atoms with Crippen LogP contribution in [0, 0.1) is 0 Å². The quantitative estimate of drug-likeness (QED) is 0.386. The molecule has 0 unspecified atom stereocenters. The molecule has 8 nitrogen and oxygen atoms in total. The zero-order valence-corrected chi connectivity index (χ0v) is 19.4. The molecule has 1 atom stereocenters. The van der Waals surface area contributed by atoms with Crippen molar-refractivity contribution in [3.05, 3.63) is 59.7 Å². The highest BCUT2D eigenvalue weighted by Gasteiger charge is 2.29. The summed E-state index contributed by atoms with van der Waals surface area (Å²) in [5, 5.41) is 14.1. The Hall–Kier alpha value is -3.39. The van der Waals surface area contributed by atoms with E-state index in [0.717, 1.165) is 17.5 Å². The van der Waals surface area contributed by atoms with Crippen molar-refractivity contribution in [2.75, 3.05) is 26.4 Å². The van der Waals surface area contributed by atoms with Crippen molar-refractivity contribution in [2.24, 2.45) is 0 Å². The number of amides is 2. The molecule has 2 aromatic carbocycles. The molecule has 2 aromatic rings. The third-order valence-electron chi connectivity index (χ3n) is 5.76. The van der Waals surface area contributed by atoms with Crippen molar-refractivity contribution in [3.8, 4) is 11.1 Å². The minimum absolute atomic E-state index is 0.0211. The van der Waals surface area contributed by atoms with Crippen LogP contribution < -0.4 is 10.6 Å². The number of hydrogen-bond acceptors (Lipinski definition) is 5. The fourth-order valence-electron chi connectivity index (χ4n) is 4.20. The minimum Gasteiger partial charge on any atom is -0.481 e. The summed E-state index contributed by atoms with van der Waals surface area (Å²) in [6.07, 6.45) is 0.973. The zero-order valence-electron chi connectivity index (χ0n) is 19.4. The van der Waals surface area contributed by atoms with Gasteiger partial charge < -0.3 is 25.2 Å². The predicted octanol–water partition coefficient (Wildman–Crippen LogP) is 3.69. The van der Waals surface area contributed by atoms with Crippen LogP contribution in [0.25, 0.3) is 11.1 Å². The van der Waals surface area contributed by atoms with Gasteiger partial charge in [-0.05, 0) is 28.7 Å². The second kappa shape index (κ2) is 12.7. The number of ether oxygens (including phenoxy) is 2. The summed E-state index contributed by atoms with van der Waals surface area (Å²) in [7, 11) is 0. The van der Waals surface area contributed by atoms with Crippen LogP contribution in [0.2, 0.25) is 0 Å². The molecule has 0 bridgehead atoms. The maximum atomic E-state index is 12.5. The molecule has 8 heteroatoms. The molecule has 0 saturated carbocycles. The van der Waals surface area contributed by atoms with E-state index < -0.39 is 12.1 Å². The molecule has 34 heavy (non-hydrogen) atoms. The molecule has 0 heterocycles. The van der Waals surface area contributed by atoms with Gasteiger partial charge in [0.05, 0.1) is 19.6 Å². The summed E-state index contributed by atoms with van der Waals surface area (Å²) in [6.45, 7) is 2.83. The van der Waals surface area contributed by atoms with E-state index >= 15 is 0 Å². The molecule has 3 rings (SSSR count). The average molecular weight is 469 g/mol. The second-order valence-electron chi connectivity index (χ2n) is 8.27. The first-order chi connectivity index (χ1) is 16.5. The molecule has 2 amide bonds. The van der Waals surface area contributed by atoms with E-state index in [-0.39, 0.29) is 57.1 Å². The van der Waals surface area contributed by atoms with E-state index in [2.05, 4.69) is 34.9 Å². The fourth-order valence-corrected chi connectivity index (χ4v) is 4.20. The van der Waals surface area contributed by atoms with Crippen molar-refractivity contribution >= 4 is 18.0 Å². The smallest absolute Gasteiger partial charge is 0.407 e. The van der Waals surface area contributed by atoms with Crippen molar-refractivity contribution in [3.63, 3.8) is 0 Å². The molecular formula is C26H32N2O6. The van der Waals surface area contributed by atoms with Crippen molar-refractivity contribution in [1.29, 1.82) is 0 Å². The van der Waals surface area contributed by atoms with Crippen LogP contribution >= 0.6 is 0 Å². The van der Waals surface area contributed by atoms with Crippen molar-refractivity contribution < 1.29 is 29.0 Å². The summed E-state index contributed by atoms with van der Waals surface area (Å²) in [4.78, 5) is 35.2. The molecule has 0 saturated heterocycles. The number of benzene rings is 2. The van der Waals surface area contributed by atoms with E-state index in [0.29, 0.717) is 6.42 Å². The van der Waals surface area contributed by atoms with Crippen LogP contribution in [-0.2, 0) is 19.1 Å². The number of fused-ring (bicyclic) bond motifs is 3. The molecule has 0 aliphatic heterocycles. The van der Waals surface area contributed by atoms with Crippen LogP contribution in [0.5, 0.6) is 0 Å². The molecule has 0 spiro atoms. The molecular weight excluding hydrogens is 436 g/mol. The van der Waals surface area contributed by atoms with Gasteiger partial charge in [-0.1, -0.05) is 61.9 Å². The Kier molecular flexibility index (Phi) is 9.46. The number of carbonyl (C=O) groups excluding carboxylic acids is 2. The Labute approximate surface area is 199 Å². The number of carbonyl (C=O) groups is 3. The minimum atomic E-state index is -0.925. The summed E-state index contributed by atoms with van der Waals surface area (Å²) in [6, 6.07) is 16.0. The lowest BCUT2D eigenvalue weighted by Crippen LogP contribution is -2.40. The molecule has 0 fully saturated rings. The molecule has 3 N–H and O–H groups in total. The third kappa shape index (κ3) is 7.05. The average Bonchev–Trinajstić information content (AvgIpc) is 3.13. The zero-order chi connectivity index (χ0) is 24.3. The first kappa shape index (κ1) is 25.2. The van der Waals surface area contributed by atoms with Gasteiger partial charge in [-0.2, -0.15) is 0 Å². The fraction of sp³-hybridized carbons (Fsp3) is 0.423. The lowest BCUT2D eigenvalue weighted by Gasteiger charge is -2.19. The number of nitrogens with one attached hydrogen (secondary N) is 2. The first-order valence-corrected chi connectivity index (χ1v) is 11.7. The summed E-state index contributed by atoms with van der Waals surface area (Å²) >= 11 is 0. The Morgan fingerprint density at radius 2 is 1.65 bits per heavy atom. The summed E-state index contributed by atoms with van der Waals surface area (Å²) in [5.41, 5.74) is 4.62. The lowest BCUT2D eigenvalue weighted by molar-refractivity contribution is -0.138. The van der Waals surface area contributed by atoms with Gasteiger partial charge in [-0.15, -0.1) is 0 Å². The van der Waals surface area contributed by atoms with E-state index in [9.17, 15) is 14.4 Å². The lowest BCUT2D eigenvalue weighted by atomic mass is 9.98. The maximum Gasteiger partial charge on any atom is 0.407 e. The van der Waals surface area contributed by atoms with Gasteiger partial charge in [-0.25, -0.2) is 4.79 Å². The van der Waals surface area contributed by atoms with Gasteiger partial charge in [0.2, 0.25) is 5.91 Å². The maximum absolute atomic E-state index is 12.5. The Morgan fingerprint density at radius 3 is 2.26 bits per heavy atom. The predicted molar refractivity (Wildman–Crippen MR) is 128 cm³/mol. The highest BCUT2D eigenvalue weighted by Crippen LogP contribution is 2.44. The standard InChI is InChI=1S/C26H32N2O6/c1-2-7-18(16-24(29)27-13-15-33-14-12-25(30)31)28-26(32)34-17-23-21-10-5-3-8-19(21)20-9-4-6-11-22(20)23/h3-6,8-11,18,23H,2,7,12-17H2,1H3,(H,27,29)(H,28,32)(H,30,31)/t18-/m0/s1. The monoisotopic (exact) mass is 468 g/mol. The van der Waals surface area contributed by atoms with Gasteiger partial charge in [0.15, 0.2) is 0 Å². The number of carboxylic acids is 1. The molecule has 0 radical (unpaired) electrons. The number of carboxylic acid groups (broad SMARTS) is 1. The topological polar surface area (TPSA) is 114 Å². The molecule has 182 valence electrons. The molecule has 1 aliphatic carbocycles. The normalized spacial score (nSPS) is 13.0.